The Balaban J connectivity index is 3.39. The third-order valence-corrected chi connectivity index (χ3v) is 2.75. The summed E-state index contributed by atoms with van der Waals surface area (Å²) in [6.07, 6.45) is 0. The predicted octanol–water partition coefficient (Wildman–Crippen LogP) is 2.48. The molecule has 3 nitrogen and oxygen atoms in total. The number of aryl methyl sites for hydroxylation is 1. The molecule has 0 aliphatic rings. The van der Waals surface area contributed by atoms with Gasteiger partial charge in [0.05, 0.1) is 18.7 Å². The van der Waals surface area contributed by atoms with Crippen molar-refractivity contribution >= 4 is 15.9 Å². The van der Waals surface area contributed by atoms with Crippen LogP contribution >= 0.6 is 15.9 Å². The highest BCUT2D eigenvalue weighted by atomic mass is 79.9. The van der Waals surface area contributed by atoms with Crippen LogP contribution < -0.4 is 9.47 Å². The zero-order chi connectivity index (χ0) is 10.0. The Hall–Kier alpha value is -0.900. The van der Waals surface area contributed by atoms with Gasteiger partial charge in [-0.1, -0.05) is 0 Å². The van der Waals surface area contributed by atoms with Crippen LogP contribution in [0.5, 0.6) is 17.2 Å². The van der Waals surface area contributed by atoms with Gasteiger partial charge in [-0.15, -0.1) is 0 Å². The SMILES string of the molecule is COc1cc(C)c(Br)c(OC)c1O. The predicted molar refractivity (Wildman–Crippen MR) is 53.6 cm³/mol. The lowest BCUT2D eigenvalue weighted by Gasteiger charge is -2.11. The number of benzene rings is 1. The summed E-state index contributed by atoms with van der Waals surface area (Å²) in [7, 11) is 3.00. The first-order valence-electron chi connectivity index (χ1n) is 3.71. The molecule has 0 saturated heterocycles. The molecule has 0 spiro atoms. The molecule has 0 saturated carbocycles. The fraction of sp³-hybridized carbons (Fsp3) is 0.333. The van der Waals surface area contributed by atoms with E-state index in [1.807, 2.05) is 6.92 Å². The third-order valence-electron chi connectivity index (χ3n) is 1.77. The molecule has 0 fully saturated rings. The zero-order valence-electron chi connectivity index (χ0n) is 7.72. The van der Waals surface area contributed by atoms with Gasteiger partial charge in [0.2, 0.25) is 5.75 Å². The second-order valence-electron chi connectivity index (χ2n) is 2.59. The monoisotopic (exact) mass is 246 g/mol. The number of rotatable bonds is 2. The molecule has 0 aliphatic heterocycles. The van der Waals surface area contributed by atoms with E-state index in [-0.39, 0.29) is 5.75 Å². The van der Waals surface area contributed by atoms with Gasteiger partial charge in [-0.25, -0.2) is 0 Å². The van der Waals surface area contributed by atoms with Gasteiger partial charge in [-0.2, -0.15) is 0 Å². The number of hydrogen-bond donors (Lipinski definition) is 1. The minimum Gasteiger partial charge on any atom is -0.502 e. The van der Waals surface area contributed by atoms with Gasteiger partial charge in [0.15, 0.2) is 11.5 Å². The maximum absolute atomic E-state index is 9.61. The Morgan fingerprint density at radius 3 is 2.38 bits per heavy atom. The molecule has 0 bridgehead atoms. The van der Waals surface area contributed by atoms with Gasteiger partial charge in [0, 0.05) is 0 Å². The van der Waals surface area contributed by atoms with Crippen LogP contribution in [-0.2, 0) is 0 Å². The summed E-state index contributed by atoms with van der Waals surface area (Å²) >= 11 is 3.31. The summed E-state index contributed by atoms with van der Waals surface area (Å²) < 4.78 is 10.7. The highest BCUT2D eigenvalue weighted by Crippen LogP contribution is 2.43. The number of ether oxygens (including phenoxy) is 2. The smallest absolute Gasteiger partial charge is 0.201 e. The van der Waals surface area contributed by atoms with Crippen LogP contribution in [0.15, 0.2) is 10.5 Å². The minimum absolute atomic E-state index is 0.0162. The maximum Gasteiger partial charge on any atom is 0.201 e. The molecule has 0 aliphatic carbocycles. The molecule has 1 rings (SSSR count). The molecule has 0 aromatic heterocycles. The molecule has 13 heavy (non-hydrogen) atoms. The first kappa shape index (κ1) is 10.2. The van der Waals surface area contributed by atoms with Gasteiger partial charge < -0.3 is 14.6 Å². The van der Waals surface area contributed by atoms with Gasteiger partial charge in [-0.05, 0) is 34.5 Å². The van der Waals surface area contributed by atoms with Crippen LogP contribution in [-0.4, -0.2) is 19.3 Å². The fourth-order valence-corrected chi connectivity index (χ4v) is 1.53. The summed E-state index contributed by atoms with van der Waals surface area (Å²) in [5.41, 5.74) is 0.950. The molecular weight excluding hydrogens is 236 g/mol. The molecule has 0 radical (unpaired) electrons. The Kier molecular flexibility index (Phi) is 3.03. The standard InChI is InChI=1S/C9H11BrO3/c1-5-4-6(12-2)8(11)9(13-3)7(5)10/h4,11H,1-3H3. The van der Waals surface area contributed by atoms with Crippen molar-refractivity contribution in [1.29, 1.82) is 0 Å². The van der Waals surface area contributed by atoms with Crippen LogP contribution in [0.25, 0.3) is 0 Å². The zero-order valence-corrected chi connectivity index (χ0v) is 9.31. The summed E-state index contributed by atoms with van der Waals surface area (Å²) in [6, 6.07) is 1.74. The second-order valence-corrected chi connectivity index (χ2v) is 3.38. The maximum atomic E-state index is 9.61. The van der Waals surface area contributed by atoms with Crippen molar-refractivity contribution < 1.29 is 14.6 Å². The Labute approximate surface area is 85.4 Å². The van der Waals surface area contributed by atoms with Crippen LogP contribution in [0, 0.1) is 6.92 Å². The first-order valence-corrected chi connectivity index (χ1v) is 4.51. The molecule has 0 atom stereocenters. The summed E-state index contributed by atoms with van der Waals surface area (Å²) in [4.78, 5) is 0. The van der Waals surface area contributed by atoms with Crippen molar-refractivity contribution in [2.24, 2.45) is 0 Å². The van der Waals surface area contributed by atoms with Crippen LogP contribution in [0.2, 0.25) is 0 Å². The van der Waals surface area contributed by atoms with E-state index < -0.39 is 0 Å². The van der Waals surface area contributed by atoms with E-state index in [1.54, 1.807) is 6.07 Å². The van der Waals surface area contributed by atoms with E-state index in [0.717, 1.165) is 10.0 Å². The minimum atomic E-state index is 0.0162. The summed E-state index contributed by atoms with van der Waals surface area (Å²) in [5, 5.41) is 9.61. The number of aromatic hydroxyl groups is 1. The Bertz CT molecular complexity index is 323. The summed E-state index contributed by atoms with van der Waals surface area (Å²) in [5.74, 6) is 0.830. The van der Waals surface area contributed by atoms with Crippen molar-refractivity contribution in [3.63, 3.8) is 0 Å². The van der Waals surface area contributed by atoms with E-state index in [2.05, 4.69) is 15.9 Å². The fourth-order valence-electron chi connectivity index (χ4n) is 1.07. The summed E-state index contributed by atoms with van der Waals surface area (Å²) in [6.45, 7) is 1.90. The van der Waals surface area contributed by atoms with Gasteiger partial charge >= 0.3 is 0 Å². The van der Waals surface area contributed by atoms with Gasteiger partial charge in [-0.3, -0.25) is 0 Å². The molecule has 1 aromatic carbocycles. The van der Waals surface area contributed by atoms with Gasteiger partial charge in [0.25, 0.3) is 0 Å². The number of methoxy groups -OCH3 is 2. The molecule has 4 heteroatoms. The lowest BCUT2D eigenvalue weighted by Crippen LogP contribution is -1.92. The number of phenolic OH excluding ortho intramolecular Hbond substituents is 1. The average Bonchev–Trinajstić information content (AvgIpc) is 2.12. The number of phenols is 1. The van der Waals surface area contributed by atoms with Crippen molar-refractivity contribution in [1.82, 2.24) is 0 Å². The lowest BCUT2D eigenvalue weighted by molar-refractivity contribution is 0.338. The van der Waals surface area contributed by atoms with Crippen LogP contribution in [0.4, 0.5) is 0 Å². The van der Waals surface area contributed by atoms with Crippen LogP contribution in [0.3, 0.4) is 0 Å². The second kappa shape index (κ2) is 3.87. The Morgan fingerprint density at radius 2 is 1.92 bits per heavy atom. The molecule has 0 unspecified atom stereocenters. The van der Waals surface area contributed by atoms with Crippen molar-refractivity contribution in [3.05, 3.63) is 16.1 Å². The largest absolute Gasteiger partial charge is 0.502 e. The molecule has 72 valence electrons. The van der Waals surface area contributed by atoms with E-state index in [9.17, 15) is 5.11 Å². The van der Waals surface area contributed by atoms with E-state index in [0.29, 0.717) is 11.5 Å². The molecule has 1 aromatic rings. The Morgan fingerprint density at radius 1 is 1.31 bits per heavy atom. The van der Waals surface area contributed by atoms with E-state index in [4.69, 9.17) is 9.47 Å². The molecular formula is C9H11BrO3. The van der Waals surface area contributed by atoms with E-state index >= 15 is 0 Å². The van der Waals surface area contributed by atoms with Crippen LogP contribution in [0.1, 0.15) is 5.56 Å². The molecule has 1 N–H and O–H groups in total. The first-order chi connectivity index (χ1) is 6.11. The van der Waals surface area contributed by atoms with Crippen molar-refractivity contribution in [2.75, 3.05) is 14.2 Å². The lowest BCUT2D eigenvalue weighted by atomic mass is 10.2. The van der Waals surface area contributed by atoms with Crippen molar-refractivity contribution in [3.8, 4) is 17.2 Å². The highest BCUT2D eigenvalue weighted by Gasteiger charge is 2.14. The third kappa shape index (κ3) is 1.72. The van der Waals surface area contributed by atoms with Gasteiger partial charge in [0.1, 0.15) is 0 Å². The average molecular weight is 247 g/mol. The quantitative estimate of drug-likeness (QED) is 0.872. The molecule has 0 heterocycles. The molecule has 0 amide bonds. The number of hydrogen-bond acceptors (Lipinski definition) is 3. The normalized spacial score (nSPS) is 9.85. The number of halogens is 1. The van der Waals surface area contributed by atoms with E-state index in [1.165, 1.54) is 14.2 Å². The van der Waals surface area contributed by atoms with Crippen molar-refractivity contribution in [2.45, 2.75) is 6.92 Å². The highest BCUT2D eigenvalue weighted by molar-refractivity contribution is 9.10. The topological polar surface area (TPSA) is 38.7 Å².